The Kier molecular flexibility index (Phi) is 8.15. The fourth-order valence-corrected chi connectivity index (χ4v) is 6.07. The van der Waals surface area contributed by atoms with Gasteiger partial charge in [0.15, 0.2) is 9.84 Å². The number of hydrogen-bond donors (Lipinski definition) is 2. The summed E-state index contributed by atoms with van der Waals surface area (Å²) in [6, 6.07) is 10.2. The molecule has 1 saturated carbocycles. The minimum absolute atomic E-state index is 0.0159. The normalized spacial score (nSPS) is 19.3. The summed E-state index contributed by atoms with van der Waals surface area (Å²) in [7, 11) is -3.36. The lowest BCUT2D eigenvalue weighted by Crippen LogP contribution is -2.31. The number of carbonyl (C=O) groups excluding carboxylic acids is 1. The molecule has 1 aliphatic carbocycles. The van der Waals surface area contributed by atoms with E-state index in [1.807, 2.05) is 18.2 Å². The molecule has 0 bridgehead atoms. The zero-order chi connectivity index (χ0) is 25.9. The van der Waals surface area contributed by atoms with Crippen molar-refractivity contribution in [3.05, 3.63) is 59.5 Å². The van der Waals surface area contributed by atoms with Crippen molar-refractivity contribution >= 4 is 26.6 Å². The van der Waals surface area contributed by atoms with Crippen LogP contribution >= 0.6 is 0 Å². The molecule has 1 amide bonds. The number of carbonyl (C=O) groups is 1. The molecule has 7 nitrogen and oxygen atoms in total. The molecule has 3 aromatic rings. The van der Waals surface area contributed by atoms with Crippen molar-refractivity contribution in [2.75, 3.05) is 12.4 Å². The number of benzene rings is 1. The Morgan fingerprint density at radius 3 is 2.50 bits per heavy atom. The van der Waals surface area contributed by atoms with E-state index in [2.05, 4.69) is 34.8 Å². The summed E-state index contributed by atoms with van der Waals surface area (Å²) in [6.45, 7) is 6.61. The van der Waals surface area contributed by atoms with Crippen molar-refractivity contribution in [1.82, 2.24) is 14.9 Å². The summed E-state index contributed by atoms with van der Waals surface area (Å²) in [6.07, 6.45) is 7.51. The van der Waals surface area contributed by atoms with Crippen molar-refractivity contribution in [3.8, 4) is 0 Å². The second-order valence-electron chi connectivity index (χ2n) is 10.0. The van der Waals surface area contributed by atoms with Gasteiger partial charge in [-0.05, 0) is 74.4 Å². The molecule has 1 atom stereocenters. The van der Waals surface area contributed by atoms with E-state index in [0.717, 1.165) is 35.7 Å². The number of aromatic nitrogens is 2. The summed E-state index contributed by atoms with van der Waals surface area (Å²) >= 11 is 0. The number of nitrogens with one attached hydrogen (secondary N) is 1. The Morgan fingerprint density at radius 2 is 1.89 bits per heavy atom. The van der Waals surface area contributed by atoms with Gasteiger partial charge in [0.25, 0.3) is 5.91 Å². The van der Waals surface area contributed by atoms with E-state index < -0.39 is 15.9 Å². The monoisotopic (exact) mass is 511 g/mol. The van der Waals surface area contributed by atoms with Crippen molar-refractivity contribution in [1.29, 1.82) is 0 Å². The van der Waals surface area contributed by atoms with E-state index in [1.54, 1.807) is 6.92 Å². The highest BCUT2D eigenvalue weighted by molar-refractivity contribution is 7.91. The molecule has 194 valence electrons. The van der Waals surface area contributed by atoms with Crippen molar-refractivity contribution < 1.29 is 18.3 Å². The largest absolute Gasteiger partial charge is 0.394 e. The van der Waals surface area contributed by atoms with Crippen LogP contribution < -0.4 is 5.32 Å². The number of aliphatic hydroxyl groups is 1. The van der Waals surface area contributed by atoms with Gasteiger partial charge >= 0.3 is 0 Å². The molecule has 0 aliphatic heterocycles. The summed E-state index contributed by atoms with van der Waals surface area (Å²) in [5, 5.41) is 13.8. The molecule has 2 aromatic heterocycles. The molecule has 36 heavy (non-hydrogen) atoms. The first-order valence-corrected chi connectivity index (χ1v) is 14.6. The Labute approximate surface area is 213 Å². The van der Waals surface area contributed by atoms with Crippen LogP contribution in [0.5, 0.6) is 0 Å². The van der Waals surface area contributed by atoms with Crippen LogP contribution in [-0.4, -0.2) is 41.3 Å². The van der Waals surface area contributed by atoms with Crippen molar-refractivity contribution in [3.63, 3.8) is 0 Å². The Morgan fingerprint density at radius 1 is 1.14 bits per heavy atom. The lowest BCUT2D eigenvalue weighted by Gasteiger charge is -2.26. The highest BCUT2D eigenvalue weighted by atomic mass is 32.2. The average Bonchev–Trinajstić information content (AvgIpc) is 3.24. The molecule has 2 N–H and O–H groups in total. The van der Waals surface area contributed by atoms with Crippen molar-refractivity contribution in [2.24, 2.45) is 11.8 Å². The van der Waals surface area contributed by atoms with Gasteiger partial charge in [-0.15, -0.1) is 0 Å². The number of sulfone groups is 1. The number of pyridine rings is 1. The molecule has 1 fully saturated rings. The number of hydrogen-bond acceptors (Lipinski definition) is 5. The molecule has 2 heterocycles. The van der Waals surface area contributed by atoms with Crippen LogP contribution in [-0.2, 0) is 22.8 Å². The Balaban J connectivity index is 1.51. The fourth-order valence-electron chi connectivity index (χ4n) is 5.24. The Hall–Kier alpha value is -2.71. The molecular formula is C28H37N3O4S. The summed E-state index contributed by atoms with van der Waals surface area (Å²) < 4.78 is 26.4. The fraction of sp³-hybridized carbons (Fsp3) is 0.500. The SMILES string of the molecule is CCn1c(CC2CCC(C)CC2)cc2cc(C(=O)N[C@@H](CO)c3ccc(S(=O)(=O)CC)cn3)ccc21. The van der Waals surface area contributed by atoms with Crippen LogP contribution in [0.25, 0.3) is 10.9 Å². The maximum atomic E-state index is 13.1. The summed E-state index contributed by atoms with van der Waals surface area (Å²) in [5.74, 6) is 1.22. The lowest BCUT2D eigenvalue weighted by molar-refractivity contribution is 0.0915. The number of amides is 1. The molecule has 4 rings (SSSR count). The molecule has 0 radical (unpaired) electrons. The van der Waals surface area contributed by atoms with E-state index in [-0.39, 0.29) is 23.2 Å². The van der Waals surface area contributed by atoms with Crippen LogP contribution in [0.3, 0.4) is 0 Å². The second-order valence-corrected chi connectivity index (χ2v) is 12.3. The number of aryl methyl sites for hydroxylation is 1. The van der Waals surface area contributed by atoms with Gasteiger partial charge < -0.3 is 15.0 Å². The predicted octanol–water partition coefficient (Wildman–Crippen LogP) is 4.68. The molecule has 1 aromatic carbocycles. The van der Waals surface area contributed by atoms with Crippen molar-refractivity contribution in [2.45, 2.75) is 70.4 Å². The zero-order valence-corrected chi connectivity index (χ0v) is 22.2. The first kappa shape index (κ1) is 26.4. The van der Waals surface area contributed by atoms with Gasteiger partial charge in [0, 0.05) is 34.9 Å². The van der Waals surface area contributed by atoms with E-state index in [9.17, 15) is 18.3 Å². The van der Waals surface area contributed by atoms with Gasteiger partial charge in [0.1, 0.15) is 0 Å². The number of nitrogens with zero attached hydrogens (tertiary/aromatic N) is 2. The van der Waals surface area contributed by atoms with Gasteiger partial charge in [-0.1, -0.05) is 26.7 Å². The van der Waals surface area contributed by atoms with E-state index in [1.165, 1.54) is 49.7 Å². The third-order valence-electron chi connectivity index (χ3n) is 7.54. The van der Waals surface area contributed by atoms with E-state index >= 15 is 0 Å². The quantitative estimate of drug-likeness (QED) is 0.434. The van der Waals surface area contributed by atoms with E-state index in [4.69, 9.17) is 0 Å². The third kappa shape index (κ3) is 5.65. The number of aliphatic hydroxyl groups excluding tert-OH is 1. The van der Waals surface area contributed by atoms with Crippen LogP contribution in [0.15, 0.2) is 47.5 Å². The first-order chi connectivity index (χ1) is 17.2. The zero-order valence-electron chi connectivity index (χ0n) is 21.4. The predicted molar refractivity (Wildman–Crippen MR) is 142 cm³/mol. The van der Waals surface area contributed by atoms with Gasteiger partial charge in [0.2, 0.25) is 0 Å². The molecular weight excluding hydrogens is 474 g/mol. The van der Waals surface area contributed by atoms with Crippen LogP contribution in [0.4, 0.5) is 0 Å². The molecule has 0 unspecified atom stereocenters. The van der Waals surface area contributed by atoms with Crippen LogP contribution in [0, 0.1) is 11.8 Å². The number of rotatable bonds is 9. The standard InChI is InChI=1S/C28H37N3O4S/c1-4-31-23(14-20-8-6-19(3)7-9-20)16-22-15-21(10-13-27(22)31)28(33)30-26(18-32)25-12-11-24(17-29-25)36(34,35)5-2/h10-13,15-17,19-20,26,32H,4-9,14,18H2,1-3H3,(H,30,33)/t19?,20?,26-/m0/s1. The summed E-state index contributed by atoms with van der Waals surface area (Å²) in [5.41, 5.74) is 3.37. The molecule has 1 aliphatic rings. The maximum Gasteiger partial charge on any atom is 0.251 e. The first-order valence-electron chi connectivity index (χ1n) is 13.0. The second kappa shape index (κ2) is 11.1. The minimum atomic E-state index is -3.36. The Bertz CT molecular complexity index is 1310. The average molecular weight is 512 g/mol. The van der Waals surface area contributed by atoms with Gasteiger partial charge in [-0.3, -0.25) is 9.78 Å². The van der Waals surface area contributed by atoms with Crippen LogP contribution in [0.2, 0.25) is 0 Å². The van der Waals surface area contributed by atoms with E-state index in [0.29, 0.717) is 11.3 Å². The maximum absolute atomic E-state index is 13.1. The molecule has 8 heteroatoms. The highest BCUT2D eigenvalue weighted by Crippen LogP contribution is 2.32. The highest BCUT2D eigenvalue weighted by Gasteiger charge is 2.22. The van der Waals surface area contributed by atoms with Gasteiger partial charge in [-0.2, -0.15) is 0 Å². The topological polar surface area (TPSA) is 101 Å². The molecule has 0 saturated heterocycles. The lowest BCUT2D eigenvalue weighted by atomic mass is 9.81. The smallest absolute Gasteiger partial charge is 0.251 e. The summed E-state index contributed by atoms with van der Waals surface area (Å²) in [4.78, 5) is 17.4. The van der Waals surface area contributed by atoms with Gasteiger partial charge in [0.05, 0.1) is 29.0 Å². The minimum Gasteiger partial charge on any atom is -0.394 e. The third-order valence-corrected chi connectivity index (χ3v) is 9.26. The van der Waals surface area contributed by atoms with Gasteiger partial charge in [-0.25, -0.2) is 8.42 Å². The molecule has 0 spiro atoms. The number of fused-ring (bicyclic) bond motifs is 1. The van der Waals surface area contributed by atoms with Crippen LogP contribution in [0.1, 0.15) is 74.2 Å².